The number of halogens is 1. The maximum atomic E-state index is 13.5. The van der Waals surface area contributed by atoms with Crippen molar-refractivity contribution in [2.45, 2.75) is 18.8 Å². The molecule has 6 rings (SSSR count). The van der Waals surface area contributed by atoms with E-state index < -0.39 is 5.41 Å². The van der Waals surface area contributed by atoms with E-state index in [9.17, 15) is 9.18 Å². The van der Waals surface area contributed by atoms with E-state index in [-0.39, 0.29) is 23.4 Å². The molecule has 35 heavy (non-hydrogen) atoms. The average Bonchev–Trinajstić information content (AvgIpc) is 3.43. The molecule has 8 nitrogen and oxygen atoms in total. The summed E-state index contributed by atoms with van der Waals surface area (Å²) in [4.78, 5) is 31.5. The number of benzene rings is 2. The number of nitrogens with two attached hydrogens (primary N) is 1. The number of anilines is 2. The van der Waals surface area contributed by atoms with Crippen LogP contribution in [0.3, 0.4) is 0 Å². The normalized spacial score (nSPS) is 16.9. The van der Waals surface area contributed by atoms with Crippen molar-refractivity contribution in [3.05, 3.63) is 101 Å². The number of rotatable bonds is 4. The number of hydrogen-bond acceptors (Lipinski definition) is 6. The first-order valence-electron chi connectivity index (χ1n) is 11.1. The molecule has 9 heteroatoms. The third kappa shape index (κ3) is 3.31. The van der Waals surface area contributed by atoms with Crippen LogP contribution in [0.4, 0.5) is 16.0 Å². The van der Waals surface area contributed by atoms with Crippen LogP contribution >= 0.6 is 0 Å². The van der Waals surface area contributed by atoms with Crippen molar-refractivity contribution in [1.29, 1.82) is 0 Å². The fourth-order valence-electron chi connectivity index (χ4n) is 4.59. The molecule has 1 amide bonds. The summed E-state index contributed by atoms with van der Waals surface area (Å²) in [6.07, 6.45) is 5.91. The van der Waals surface area contributed by atoms with Gasteiger partial charge in [0, 0.05) is 25.0 Å². The van der Waals surface area contributed by atoms with Gasteiger partial charge >= 0.3 is 0 Å². The predicted molar refractivity (Wildman–Crippen MR) is 129 cm³/mol. The summed E-state index contributed by atoms with van der Waals surface area (Å²) in [5.74, 6) is 0.0754. The highest BCUT2D eigenvalue weighted by atomic mass is 19.1. The highest BCUT2D eigenvalue weighted by molar-refractivity contribution is 6.09. The van der Waals surface area contributed by atoms with E-state index in [1.807, 2.05) is 40.9 Å². The van der Waals surface area contributed by atoms with Crippen LogP contribution < -0.4 is 11.1 Å². The molecule has 4 heterocycles. The van der Waals surface area contributed by atoms with E-state index in [4.69, 9.17) is 10.7 Å². The first-order chi connectivity index (χ1) is 16.9. The standard InChI is InChI=1S/C26H20FN7O/c1-26(16-7-9-17(27)10-8-16)20-21(28)31-22(32-23(20)33-25(26)35)19-14-34-12-11-29-24(34)18(30-19)13-15-5-3-2-4-6-15/h2-12,14H,13H2,1H3,(H3,28,31,32,33,35). The van der Waals surface area contributed by atoms with Gasteiger partial charge in [-0.3, -0.25) is 4.79 Å². The van der Waals surface area contributed by atoms with Crippen LogP contribution in [0.25, 0.3) is 17.2 Å². The van der Waals surface area contributed by atoms with Gasteiger partial charge in [0.15, 0.2) is 11.5 Å². The summed E-state index contributed by atoms with van der Waals surface area (Å²) in [5.41, 5.74) is 9.42. The molecule has 0 aliphatic carbocycles. The summed E-state index contributed by atoms with van der Waals surface area (Å²) in [5, 5.41) is 2.83. The Labute approximate surface area is 199 Å². The van der Waals surface area contributed by atoms with Crippen LogP contribution in [0.15, 0.2) is 73.2 Å². The minimum absolute atomic E-state index is 0.160. The van der Waals surface area contributed by atoms with Crippen LogP contribution in [-0.2, 0) is 16.6 Å². The largest absolute Gasteiger partial charge is 0.383 e. The first-order valence-corrected chi connectivity index (χ1v) is 11.1. The van der Waals surface area contributed by atoms with E-state index in [0.717, 1.165) is 16.9 Å². The predicted octanol–water partition coefficient (Wildman–Crippen LogP) is 3.76. The van der Waals surface area contributed by atoms with Crippen molar-refractivity contribution in [2.75, 3.05) is 11.1 Å². The van der Waals surface area contributed by atoms with Gasteiger partial charge in [-0.2, -0.15) is 0 Å². The van der Waals surface area contributed by atoms with Gasteiger partial charge < -0.3 is 15.5 Å². The Balaban J connectivity index is 1.46. The lowest BCUT2D eigenvalue weighted by Gasteiger charge is -2.23. The quantitative estimate of drug-likeness (QED) is 0.418. The maximum Gasteiger partial charge on any atom is 0.240 e. The molecule has 1 aliphatic heterocycles. The lowest BCUT2D eigenvalue weighted by Crippen LogP contribution is -2.33. The molecule has 0 bridgehead atoms. The Morgan fingerprint density at radius 1 is 1.06 bits per heavy atom. The summed E-state index contributed by atoms with van der Waals surface area (Å²) < 4.78 is 15.4. The first kappa shape index (κ1) is 20.9. The highest BCUT2D eigenvalue weighted by Gasteiger charge is 2.47. The summed E-state index contributed by atoms with van der Waals surface area (Å²) >= 11 is 0. The van der Waals surface area contributed by atoms with Gasteiger partial charge in [-0.05, 0) is 30.2 Å². The number of aromatic nitrogens is 5. The van der Waals surface area contributed by atoms with Crippen LogP contribution in [-0.4, -0.2) is 30.2 Å². The van der Waals surface area contributed by atoms with Crippen molar-refractivity contribution in [3.63, 3.8) is 0 Å². The molecule has 0 spiro atoms. The highest BCUT2D eigenvalue weighted by Crippen LogP contribution is 2.44. The molecule has 1 unspecified atom stereocenters. The summed E-state index contributed by atoms with van der Waals surface area (Å²) in [6, 6.07) is 15.8. The van der Waals surface area contributed by atoms with Gasteiger partial charge in [0.2, 0.25) is 5.91 Å². The molecule has 5 aromatic rings. The summed E-state index contributed by atoms with van der Waals surface area (Å²) in [7, 11) is 0. The monoisotopic (exact) mass is 465 g/mol. The SMILES string of the molecule is CC1(c2ccc(F)cc2)C(=O)Nc2nc(-c3cn4ccnc4c(Cc4ccccc4)n3)nc(N)c21. The van der Waals surface area contributed by atoms with Crippen LogP contribution in [0, 0.1) is 5.82 Å². The maximum absolute atomic E-state index is 13.5. The minimum Gasteiger partial charge on any atom is -0.383 e. The van der Waals surface area contributed by atoms with Gasteiger partial charge in [0.25, 0.3) is 0 Å². The number of hydrogen-bond donors (Lipinski definition) is 2. The summed E-state index contributed by atoms with van der Waals surface area (Å²) in [6.45, 7) is 1.73. The second-order valence-electron chi connectivity index (χ2n) is 8.64. The van der Waals surface area contributed by atoms with Gasteiger partial charge in [0.05, 0.1) is 11.3 Å². The van der Waals surface area contributed by atoms with Crippen molar-refractivity contribution in [3.8, 4) is 11.5 Å². The fraction of sp³-hybridized carbons (Fsp3) is 0.115. The number of nitrogens with zero attached hydrogens (tertiary/aromatic N) is 5. The number of carbonyl (C=O) groups excluding carboxylic acids is 1. The van der Waals surface area contributed by atoms with E-state index in [2.05, 4.69) is 20.3 Å². The van der Waals surface area contributed by atoms with E-state index >= 15 is 0 Å². The third-order valence-electron chi connectivity index (χ3n) is 6.43. The topological polar surface area (TPSA) is 111 Å². The average molecular weight is 465 g/mol. The zero-order valence-corrected chi connectivity index (χ0v) is 18.7. The van der Waals surface area contributed by atoms with Crippen LogP contribution in [0.1, 0.15) is 29.3 Å². The fourth-order valence-corrected chi connectivity index (χ4v) is 4.59. The minimum atomic E-state index is -1.15. The molecular formula is C26H20FN7O. The number of nitrogens with one attached hydrogen (secondary N) is 1. The van der Waals surface area contributed by atoms with Crippen molar-refractivity contribution >= 4 is 23.2 Å². The Morgan fingerprint density at radius 2 is 1.83 bits per heavy atom. The van der Waals surface area contributed by atoms with Gasteiger partial charge in [-0.1, -0.05) is 42.5 Å². The van der Waals surface area contributed by atoms with Gasteiger partial charge in [-0.15, -0.1) is 0 Å². The Kier molecular flexibility index (Phi) is 4.60. The number of carbonyl (C=O) groups is 1. The van der Waals surface area contributed by atoms with Crippen LogP contribution in [0.5, 0.6) is 0 Å². The molecule has 0 radical (unpaired) electrons. The molecule has 0 saturated heterocycles. The molecule has 0 saturated carbocycles. The second-order valence-corrected chi connectivity index (χ2v) is 8.64. The van der Waals surface area contributed by atoms with Crippen molar-refractivity contribution in [2.24, 2.45) is 0 Å². The van der Waals surface area contributed by atoms with Gasteiger partial charge in [0.1, 0.15) is 28.6 Å². The molecule has 1 atom stereocenters. The van der Waals surface area contributed by atoms with E-state index in [0.29, 0.717) is 29.1 Å². The molecule has 172 valence electrons. The smallest absolute Gasteiger partial charge is 0.240 e. The molecule has 3 N–H and O–H groups in total. The Hall–Kier alpha value is -4.66. The second kappa shape index (κ2) is 7.69. The zero-order chi connectivity index (χ0) is 24.2. The molecule has 1 aliphatic rings. The lowest BCUT2D eigenvalue weighted by molar-refractivity contribution is -0.119. The molecular weight excluding hydrogens is 445 g/mol. The van der Waals surface area contributed by atoms with E-state index in [1.165, 1.54) is 12.1 Å². The Morgan fingerprint density at radius 3 is 2.60 bits per heavy atom. The van der Waals surface area contributed by atoms with Crippen LogP contribution in [0.2, 0.25) is 0 Å². The molecule has 3 aromatic heterocycles. The number of nitrogen functional groups attached to an aromatic ring is 1. The number of imidazole rings is 1. The number of fused-ring (bicyclic) bond motifs is 2. The zero-order valence-electron chi connectivity index (χ0n) is 18.7. The molecule has 2 aromatic carbocycles. The Bertz CT molecular complexity index is 1600. The van der Waals surface area contributed by atoms with E-state index in [1.54, 1.807) is 31.5 Å². The third-order valence-corrected chi connectivity index (χ3v) is 6.43. The van der Waals surface area contributed by atoms with Gasteiger partial charge in [-0.25, -0.2) is 24.3 Å². The number of amides is 1. The molecule has 0 fully saturated rings. The lowest BCUT2D eigenvalue weighted by atomic mass is 9.78. The van der Waals surface area contributed by atoms with Crippen molar-refractivity contribution in [1.82, 2.24) is 24.3 Å². The van der Waals surface area contributed by atoms with Crippen molar-refractivity contribution < 1.29 is 9.18 Å².